The van der Waals surface area contributed by atoms with Crippen LogP contribution in [0.15, 0.2) is 138 Å². The van der Waals surface area contributed by atoms with Crippen LogP contribution in [-0.4, -0.2) is 57.7 Å². The smallest absolute Gasteiger partial charge is 0.255 e. The van der Waals surface area contributed by atoms with E-state index in [2.05, 4.69) is 36.0 Å². The maximum Gasteiger partial charge on any atom is 0.255 e. The van der Waals surface area contributed by atoms with Gasteiger partial charge in [-0.2, -0.15) is 10.2 Å². The third kappa shape index (κ3) is 9.72. The van der Waals surface area contributed by atoms with Gasteiger partial charge in [-0.05, 0) is 96.7 Å². The summed E-state index contributed by atoms with van der Waals surface area (Å²) in [6, 6.07) is 23.0. The van der Waals surface area contributed by atoms with Crippen LogP contribution in [0.4, 0.5) is 45.5 Å². The number of hydrogen-bond acceptors (Lipinski definition) is 18. The number of methoxy groups -OCH3 is 2. The fourth-order valence-electron chi connectivity index (χ4n) is 5.47. The largest absolute Gasteiger partial charge is 0.506 e. The predicted molar refractivity (Wildman–Crippen MR) is 223 cm³/mol. The van der Waals surface area contributed by atoms with Crippen LogP contribution in [0.2, 0.25) is 0 Å². The summed E-state index contributed by atoms with van der Waals surface area (Å²) in [5, 5.41) is 50.0. The first kappa shape index (κ1) is 41.9. The number of ether oxygens (including phenoxy) is 2. The highest BCUT2D eigenvalue weighted by Gasteiger charge is 2.26. The maximum absolute atomic E-state index is 12.7. The Morgan fingerprint density at radius 3 is 1.85 bits per heavy atom. The molecule has 0 aromatic heterocycles. The molecule has 1 amide bonds. The number of benzene rings is 6. The van der Waals surface area contributed by atoms with Gasteiger partial charge >= 0.3 is 0 Å². The number of hydrogen-bond donors (Lipinski definition) is 10. The molecular weight excluding hydrogens is 809 g/mol. The van der Waals surface area contributed by atoms with E-state index in [1.807, 2.05) is 0 Å². The summed E-state index contributed by atoms with van der Waals surface area (Å²) in [7, 11) is -5.61. The molecule has 0 bridgehead atoms. The molecule has 11 N–H and O–H groups in total. The fraction of sp³-hybridized carbons (Fsp3) is 0.0789. The minimum atomic E-state index is -4.50. The lowest BCUT2D eigenvalue weighted by Crippen LogP contribution is -2.11. The number of phenolic OH excluding ortho intramolecular Hbond substituents is 2. The van der Waals surface area contributed by atoms with Gasteiger partial charge in [0.05, 0.1) is 35.4 Å². The van der Waals surface area contributed by atoms with Crippen LogP contribution < -0.4 is 20.5 Å². The minimum Gasteiger partial charge on any atom is -0.506 e. The van der Waals surface area contributed by atoms with Crippen molar-refractivity contribution in [2.45, 2.75) is 16.7 Å². The van der Waals surface area contributed by atoms with Crippen molar-refractivity contribution < 1.29 is 51.8 Å². The lowest BCUT2D eigenvalue weighted by atomic mass is 10.1. The highest BCUT2D eigenvalue weighted by atomic mass is 32.3. The minimum absolute atomic E-state index is 0.0634. The molecule has 6 aromatic carbocycles. The summed E-state index contributed by atoms with van der Waals surface area (Å²) in [4.78, 5) is 12.1. The van der Waals surface area contributed by atoms with Crippen molar-refractivity contribution in [1.82, 2.24) is 0 Å². The second-order valence-corrected chi connectivity index (χ2v) is 15.5. The third-order valence-electron chi connectivity index (χ3n) is 8.50. The molecular formula is C38H36N8O11S2. The number of azo groups is 3. The Balaban J connectivity index is 1.25. The molecule has 19 nitrogen and oxygen atoms in total. The number of aromatic hydroxyl groups is 2. The molecule has 6 rings (SSSR count). The zero-order valence-corrected chi connectivity index (χ0v) is 32.8. The van der Waals surface area contributed by atoms with Crippen LogP contribution in [0.1, 0.15) is 15.9 Å². The van der Waals surface area contributed by atoms with Crippen molar-refractivity contribution in [1.29, 1.82) is 0 Å². The molecule has 306 valence electrons. The number of nitrogens with zero attached hydrogens (tertiary/aromatic N) is 6. The summed E-state index contributed by atoms with van der Waals surface area (Å²) >= 11 is 0. The van der Waals surface area contributed by atoms with Crippen molar-refractivity contribution in [3.8, 4) is 23.0 Å². The highest BCUT2D eigenvalue weighted by Crippen LogP contribution is 2.55. The lowest BCUT2D eigenvalue weighted by molar-refractivity contribution is 0.102. The Bertz CT molecular complexity index is 2650. The van der Waals surface area contributed by atoms with Gasteiger partial charge in [0.15, 0.2) is 5.75 Å². The zero-order valence-electron chi connectivity index (χ0n) is 31.1. The van der Waals surface area contributed by atoms with Gasteiger partial charge in [0.2, 0.25) is 0 Å². The molecule has 0 atom stereocenters. The number of nitrogens with one attached hydrogen (secondary N) is 1. The normalized spacial score (nSPS) is 12.8. The van der Waals surface area contributed by atoms with Crippen LogP contribution in [0.25, 0.3) is 10.8 Å². The number of anilines is 2. The van der Waals surface area contributed by atoms with Crippen molar-refractivity contribution in [2.75, 3.05) is 25.3 Å². The lowest BCUT2D eigenvalue weighted by Gasteiger charge is -2.22. The van der Waals surface area contributed by atoms with Gasteiger partial charge in [-0.15, -0.1) is 20.5 Å². The summed E-state index contributed by atoms with van der Waals surface area (Å²) in [6.45, 7) is 1.75. The number of carbonyl (C=O) groups excluding carboxylic acids is 1. The van der Waals surface area contributed by atoms with E-state index in [1.165, 1.54) is 74.9 Å². The molecule has 0 heterocycles. The van der Waals surface area contributed by atoms with Gasteiger partial charge in [-0.1, -0.05) is 0 Å². The van der Waals surface area contributed by atoms with Crippen molar-refractivity contribution in [2.24, 2.45) is 30.7 Å². The summed E-state index contributed by atoms with van der Waals surface area (Å²) in [5.74, 6) is -1.14. The summed E-state index contributed by atoms with van der Waals surface area (Å²) in [6.07, 6.45) is 0. The van der Waals surface area contributed by atoms with E-state index < -0.39 is 49.7 Å². The molecule has 21 heteroatoms. The first-order chi connectivity index (χ1) is 27.9. The van der Waals surface area contributed by atoms with E-state index in [-0.39, 0.29) is 44.2 Å². The average Bonchev–Trinajstić information content (AvgIpc) is 3.19. The first-order valence-electron chi connectivity index (χ1n) is 16.9. The molecule has 0 aliphatic heterocycles. The van der Waals surface area contributed by atoms with E-state index >= 15 is 0 Å². The van der Waals surface area contributed by atoms with E-state index in [0.717, 1.165) is 0 Å². The highest BCUT2D eigenvalue weighted by molar-refractivity contribution is 8.19. The molecule has 0 spiro atoms. The van der Waals surface area contributed by atoms with Gasteiger partial charge < -0.3 is 58.1 Å². The molecule has 0 aliphatic carbocycles. The van der Waals surface area contributed by atoms with Gasteiger partial charge in [-0.25, -0.2) is 0 Å². The van der Waals surface area contributed by atoms with Crippen LogP contribution in [0, 0.1) is 6.92 Å². The van der Waals surface area contributed by atoms with Crippen molar-refractivity contribution in [3.05, 3.63) is 108 Å². The second-order valence-electron chi connectivity index (χ2n) is 12.5. The number of carbonyl (C=O) groups is 1. The second kappa shape index (κ2) is 17.0. The molecule has 6 aromatic rings. The third-order valence-corrected chi connectivity index (χ3v) is 10.3. The van der Waals surface area contributed by atoms with E-state index in [1.54, 1.807) is 43.3 Å². The van der Waals surface area contributed by atoms with Crippen LogP contribution in [0.3, 0.4) is 0 Å². The number of phenols is 2. The van der Waals surface area contributed by atoms with Crippen molar-refractivity contribution >= 4 is 83.9 Å². The van der Waals surface area contributed by atoms with Gasteiger partial charge in [0.25, 0.3) is 5.91 Å². The quantitative estimate of drug-likeness (QED) is 0.0406. The Morgan fingerprint density at radius 1 is 0.644 bits per heavy atom. The summed E-state index contributed by atoms with van der Waals surface area (Å²) < 4.78 is 70.0. The molecule has 0 fully saturated rings. The molecule has 59 heavy (non-hydrogen) atoms. The van der Waals surface area contributed by atoms with E-state index in [9.17, 15) is 42.3 Å². The molecule has 0 saturated heterocycles. The maximum atomic E-state index is 12.7. The molecule has 0 aliphatic rings. The van der Waals surface area contributed by atoms with Gasteiger partial charge in [0, 0.05) is 40.5 Å². The standard InChI is InChI=1S/C38H36N8O11S2/c1-20-14-30(33(56-2)18-28(20)42-41-24-8-11-26(12-9-24)58(50,51)52)44-45-31-17-32(47)29(19-34(31)57-3)43-46-36-35(59(53,54)55)16-22-15-25(10-13-27(22)37(36)48)40-38(49)21-4-6-23(39)7-5-21/h4-19,47-48,50-55H,39H2,1-3H3,(H,40,49). The number of amides is 1. The fourth-order valence-corrected chi connectivity index (χ4v) is 6.65. The number of aryl methyl sites for hydroxylation is 1. The predicted octanol–water partition coefficient (Wildman–Crippen LogP) is 11.8. The Kier molecular flexibility index (Phi) is 12.1. The van der Waals surface area contributed by atoms with Gasteiger partial charge in [-0.3, -0.25) is 4.79 Å². The number of fused-ring (bicyclic) bond motifs is 1. The monoisotopic (exact) mass is 844 g/mol. The van der Waals surface area contributed by atoms with Crippen LogP contribution in [0.5, 0.6) is 23.0 Å². The van der Waals surface area contributed by atoms with Crippen LogP contribution in [-0.2, 0) is 0 Å². The first-order valence-corrected chi connectivity index (χ1v) is 19.9. The van der Waals surface area contributed by atoms with Crippen molar-refractivity contribution in [3.63, 3.8) is 0 Å². The SMILES string of the molecule is COc1cc(N=Nc2ccc(S(O)(O)O)cc2)c(C)cc1N=Nc1cc(O)c(N=Nc2c(S(O)(O)O)cc3cc(NC(=O)c4ccc(N)cc4)ccc3c2O)cc1OC. The summed E-state index contributed by atoms with van der Waals surface area (Å²) in [5.41, 5.74) is 7.89. The molecule has 0 saturated carbocycles. The van der Waals surface area contributed by atoms with Crippen LogP contribution >= 0.6 is 21.7 Å². The number of nitrogens with two attached hydrogens (primary N) is 1. The van der Waals surface area contributed by atoms with Gasteiger partial charge in [0.1, 0.15) is 61.7 Å². The zero-order chi connectivity index (χ0) is 42.6. The molecule has 0 radical (unpaired) electrons. The average molecular weight is 845 g/mol. The number of rotatable bonds is 12. The molecule has 0 unspecified atom stereocenters. The topological polar surface area (TPSA) is 310 Å². The van der Waals surface area contributed by atoms with E-state index in [0.29, 0.717) is 33.9 Å². The Labute approximate surface area is 338 Å². The Hall–Kier alpha value is -6.69. The Morgan fingerprint density at radius 2 is 1.24 bits per heavy atom. The number of nitrogen functional groups attached to an aromatic ring is 1. The van der Waals surface area contributed by atoms with E-state index in [4.69, 9.17) is 15.2 Å².